The SMILES string of the molecule is CC1(C)C(=O)Nc2cc(Nc3nc4cccc(C(O)C5CCOCC5)n4n3)ccc21.CC1(C)C(=O)Nc2cc(Nc3nc4cccc(CC5CCOCC5)n4n3)ccc21. The highest BCUT2D eigenvalue weighted by atomic mass is 16.5. The molecule has 2 fully saturated rings. The summed E-state index contributed by atoms with van der Waals surface area (Å²) >= 11 is 0. The Morgan fingerprint density at radius 3 is 1.80 bits per heavy atom. The smallest absolute Gasteiger partial charge is 0.247 e. The van der Waals surface area contributed by atoms with Crippen LogP contribution in [0, 0.1) is 11.8 Å². The first-order valence-corrected chi connectivity index (χ1v) is 20.4. The number of ether oxygens (including phenoxy) is 2. The average molecular weight is 799 g/mol. The second-order valence-corrected chi connectivity index (χ2v) is 17.0. The molecule has 0 bridgehead atoms. The van der Waals surface area contributed by atoms with Crippen molar-refractivity contribution in [2.75, 3.05) is 47.7 Å². The number of hydrogen-bond donors (Lipinski definition) is 5. The second-order valence-electron chi connectivity index (χ2n) is 17.0. The average Bonchev–Trinajstić information content (AvgIpc) is 3.96. The summed E-state index contributed by atoms with van der Waals surface area (Å²) in [5.74, 6) is 1.77. The van der Waals surface area contributed by atoms with Crippen LogP contribution >= 0.6 is 0 Å². The van der Waals surface area contributed by atoms with Crippen LogP contribution in [0.5, 0.6) is 0 Å². The molecule has 2 saturated heterocycles. The van der Waals surface area contributed by atoms with Crippen molar-refractivity contribution in [3.8, 4) is 0 Å². The van der Waals surface area contributed by atoms with Crippen LogP contribution in [0.4, 0.5) is 34.6 Å². The van der Waals surface area contributed by atoms with Crippen LogP contribution in [-0.4, -0.2) is 72.5 Å². The maximum Gasteiger partial charge on any atom is 0.247 e. The number of aliphatic hydroxyl groups excluding tert-OH is 1. The van der Waals surface area contributed by atoms with E-state index in [0.717, 1.165) is 96.2 Å². The molecule has 0 saturated carbocycles. The molecule has 1 atom stereocenters. The molecule has 8 heterocycles. The van der Waals surface area contributed by atoms with Gasteiger partial charge in [0, 0.05) is 54.9 Å². The summed E-state index contributed by atoms with van der Waals surface area (Å²) in [5, 5.41) is 32.6. The van der Waals surface area contributed by atoms with Gasteiger partial charge in [-0.15, -0.1) is 10.2 Å². The highest BCUT2D eigenvalue weighted by molar-refractivity contribution is 6.07. The molecule has 1 unspecified atom stereocenters. The van der Waals surface area contributed by atoms with Crippen LogP contribution in [0.1, 0.15) is 82.0 Å². The van der Waals surface area contributed by atoms with Crippen molar-refractivity contribution in [2.24, 2.45) is 11.8 Å². The standard InChI is InChI=1S/C22H25N5O3.C22H25N5O2/c1-22(2)15-7-6-14(12-16(15)24-20(22)29)23-21-25-18-5-3-4-17(27(18)26-21)19(28)13-8-10-30-11-9-13;1-22(2)17-7-6-15(13-18(17)24-20(22)28)23-21-25-19-5-3-4-16(27(19)26-21)12-14-8-10-29-11-9-14/h3-7,12-13,19,28H,8-11H2,1-2H3,(H,23,26)(H,24,29);3-7,13-14H,8-12H2,1-2H3,(H,23,26)(H,24,28). The van der Waals surface area contributed by atoms with Crippen molar-refractivity contribution in [3.05, 3.63) is 95.3 Å². The second kappa shape index (κ2) is 15.4. The molecule has 4 aliphatic heterocycles. The monoisotopic (exact) mass is 798 g/mol. The van der Waals surface area contributed by atoms with Gasteiger partial charge in [-0.1, -0.05) is 24.3 Å². The lowest BCUT2D eigenvalue weighted by molar-refractivity contribution is -0.120. The number of carbonyl (C=O) groups is 2. The lowest BCUT2D eigenvalue weighted by Gasteiger charge is -2.26. The summed E-state index contributed by atoms with van der Waals surface area (Å²) in [5.41, 5.74) is 7.60. The molecule has 15 heteroatoms. The zero-order chi connectivity index (χ0) is 40.9. The first-order chi connectivity index (χ1) is 28.4. The highest BCUT2D eigenvalue weighted by Gasteiger charge is 2.39. The Balaban J connectivity index is 0.000000152. The molecule has 6 aromatic rings. The van der Waals surface area contributed by atoms with E-state index in [0.29, 0.717) is 36.7 Å². The Morgan fingerprint density at radius 2 is 1.22 bits per heavy atom. The number of pyridine rings is 2. The van der Waals surface area contributed by atoms with Crippen LogP contribution in [0.2, 0.25) is 0 Å². The van der Waals surface area contributed by atoms with E-state index in [1.165, 1.54) is 0 Å². The third-order valence-corrected chi connectivity index (χ3v) is 12.2. The van der Waals surface area contributed by atoms with Gasteiger partial charge in [-0.3, -0.25) is 9.59 Å². The highest BCUT2D eigenvalue weighted by Crippen LogP contribution is 2.40. The van der Waals surface area contributed by atoms with Crippen molar-refractivity contribution in [3.63, 3.8) is 0 Å². The summed E-state index contributed by atoms with van der Waals surface area (Å²) < 4.78 is 14.5. The Kier molecular flexibility index (Phi) is 10.1. The van der Waals surface area contributed by atoms with E-state index in [-0.39, 0.29) is 17.7 Å². The molecule has 306 valence electrons. The first-order valence-electron chi connectivity index (χ1n) is 20.4. The van der Waals surface area contributed by atoms with Gasteiger partial charge in [-0.05, 0) is 131 Å². The molecule has 2 aromatic carbocycles. The number of rotatable bonds is 8. The number of anilines is 6. The van der Waals surface area contributed by atoms with Gasteiger partial charge in [0.05, 0.1) is 22.6 Å². The van der Waals surface area contributed by atoms with Crippen molar-refractivity contribution in [1.82, 2.24) is 29.2 Å². The molecular formula is C44H50N10O5. The van der Waals surface area contributed by atoms with Gasteiger partial charge in [0.15, 0.2) is 11.3 Å². The normalized spacial score (nSPS) is 19.1. The fourth-order valence-corrected chi connectivity index (χ4v) is 8.49. The van der Waals surface area contributed by atoms with Crippen molar-refractivity contribution in [2.45, 2.75) is 76.7 Å². The number of nitrogens with zero attached hydrogens (tertiary/aromatic N) is 6. The Hall–Kier alpha value is -5.90. The van der Waals surface area contributed by atoms with Crippen LogP contribution in [0.15, 0.2) is 72.8 Å². The van der Waals surface area contributed by atoms with Gasteiger partial charge in [0.1, 0.15) is 0 Å². The molecule has 4 aromatic heterocycles. The van der Waals surface area contributed by atoms with Crippen LogP contribution in [0.25, 0.3) is 11.3 Å². The van der Waals surface area contributed by atoms with E-state index in [4.69, 9.17) is 9.47 Å². The topological polar surface area (TPSA) is 181 Å². The first kappa shape index (κ1) is 38.6. The number of fused-ring (bicyclic) bond motifs is 4. The van der Waals surface area contributed by atoms with Gasteiger partial charge in [-0.2, -0.15) is 9.97 Å². The molecular weight excluding hydrogens is 749 g/mol. The molecule has 0 aliphatic carbocycles. The van der Waals surface area contributed by atoms with Crippen LogP contribution in [0.3, 0.4) is 0 Å². The molecule has 59 heavy (non-hydrogen) atoms. The Bertz CT molecular complexity index is 2550. The fourth-order valence-electron chi connectivity index (χ4n) is 8.49. The maximum atomic E-state index is 12.2. The molecule has 2 amide bonds. The number of hydrogen-bond acceptors (Lipinski definition) is 11. The van der Waals surface area contributed by atoms with E-state index in [9.17, 15) is 14.7 Å². The van der Waals surface area contributed by atoms with Gasteiger partial charge >= 0.3 is 0 Å². The minimum Gasteiger partial charge on any atom is -0.387 e. The summed E-state index contributed by atoms with van der Waals surface area (Å²) in [6, 6.07) is 23.4. The van der Waals surface area contributed by atoms with E-state index >= 15 is 0 Å². The number of carbonyl (C=O) groups excluding carboxylic acids is 2. The number of aromatic nitrogens is 6. The van der Waals surface area contributed by atoms with Crippen molar-refractivity contribution < 1.29 is 24.2 Å². The zero-order valence-corrected chi connectivity index (χ0v) is 33.8. The van der Waals surface area contributed by atoms with E-state index in [2.05, 4.69) is 47.5 Å². The number of nitrogens with one attached hydrogen (secondary N) is 4. The van der Waals surface area contributed by atoms with E-state index < -0.39 is 16.9 Å². The minimum absolute atomic E-state index is 0.00718. The summed E-state index contributed by atoms with van der Waals surface area (Å²) in [6.07, 6.45) is 4.19. The Morgan fingerprint density at radius 1 is 0.712 bits per heavy atom. The van der Waals surface area contributed by atoms with Gasteiger partial charge in [0.2, 0.25) is 23.7 Å². The lowest BCUT2D eigenvalue weighted by atomic mass is 9.86. The van der Waals surface area contributed by atoms with E-state index in [1.807, 2.05) is 98.9 Å². The molecule has 0 spiro atoms. The van der Waals surface area contributed by atoms with Gasteiger partial charge in [-0.25, -0.2) is 9.03 Å². The summed E-state index contributed by atoms with van der Waals surface area (Å²) in [7, 11) is 0. The quantitative estimate of drug-likeness (QED) is 0.109. The van der Waals surface area contributed by atoms with Crippen molar-refractivity contribution >= 4 is 57.8 Å². The lowest BCUT2D eigenvalue weighted by Crippen LogP contribution is -2.26. The largest absolute Gasteiger partial charge is 0.387 e. The molecule has 4 aliphatic rings. The molecule has 15 nitrogen and oxygen atoms in total. The molecule has 5 N–H and O–H groups in total. The van der Waals surface area contributed by atoms with Gasteiger partial charge < -0.3 is 35.8 Å². The Labute approximate surface area is 341 Å². The number of aliphatic hydroxyl groups is 1. The molecule has 0 radical (unpaired) electrons. The minimum atomic E-state index is -0.621. The van der Waals surface area contributed by atoms with Crippen LogP contribution < -0.4 is 21.3 Å². The van der Waals surface area contributed by atoms with E-state index in [1.54, 1.807) is 4.52 Å². The predicted octanol–water partition coefficient (Wildman–Crippen LogP) is 6.83. The molecule has 10 rings (SSSR count). The third kappa shape index (κ3) is 7.49. The van der Waals surface area contributed by atoms with Gasteiger partial charge in [0.25, 0.3) is 0 Å². The van der Waals surface area contributed by atoms with Crippen LogP contribution in [-0.2, 0) is 36.3 Å². The maximum absolute atomic E-state index is 12.2. The fraction of sp³-hybridized carbons (Fsp3) is 0.409. The number of amides is 2. The summed E-state index contributed by atoms with van der Waals surface area (Å²) in [6.45, 7) is 10.7. The predicted molar refractivity (Wildman–Crippen MR) is 224 cm³/mol. The van der Waals surface area contributed by atoms with Crippen molar-refractivity contribution in [1.29, 1.82) is 0 Å². The zero-order valence-electron chi connectivity index (χ0n) is 33.8. The third-order valence-electron chi connectivity index (χ3n) is 12.2. The number of benzene rings is 2. The summed E-state index contributed by atoms with van der Waals surface area (Å²) in [4.78, 5) is 33.5.